The van der Waals surface area contributed by atoms with Crippen molar-refractivity contribution < 1.29 is 25.3 Å². The molecule has 0 fully saturated rings. The van der Waals surface area contributed by atoms with Crippen molar-refractivity contribution >= 4 is 91.0 Å². The third-order valence-electron chi connectivity index (χ3n) is 20.9. The second-order valence-electron chi connectivity index (χ2n) is 40.7. The molecule has 0 atom stereocenters. The van der Waals surface area contributed by atoms with Gasteiger partial charge in [-0.25, -0.2) is 60.3 Å². The number of nitrogens with two attached hydrogens (primary N) is 2. The molecule has 25 heteroatoms. The largest absolute Gasteiger partial charge is 0.383 e. The predicted octanol–water partition coefficient (Wildman–Crippen LogP) is 21.1. The van der Waals surface area contributed by atoms with E-state index in [1.807, 2.05) is 181 Å². The van der Waals surface area contributed by atoms with Gasteiger partial charge in [0.15, 0.2) is 0 Å². The maximum atomic E-state index is 12.7. The van der Waals surface area contributed by atoms with E-state index in [1.54, 1.807) is 57.6 Å². The smallest absolute Gasteiger partial charge is 0.243 e. The van der Waals surface area contributed by atoms with E-state index < -0.39 is 30.1 Å². The van der Waals surface area contributed by atoms with E-state index in [4.69, 9.17) is 10.9 Å². The molecule has 0 amide bonds. The molecule has 0 unspecified atom stereocenters. The van der Waals surface area contributed by atoms with E-state index in [0.29, 0.717) is 29.5 Å². The number of aromatic nitrogens is 10. The number of primary sulfonamides is 1. The fraction of sp³-hybridized carbons (Fsp3) is 0.436. The van der Waals surface area contributed by atoms with Gasteiger partial charge in [0.05, 0.1) is 67.8 Å². The molecule has 0 aliphatic carbocycles. The summed E-state index contributed by atoms with van der Waals surface area (Å²) in [5, 5.41) is 13.2. The van der Waals surface area contributed by atoms with Crippen molar-refractivity contribution in [3.05, 3.63) is 252 Å². The fourth-order valence-corrected chi connectivity index (χ4v) is 17.3. The Labute approximate surface area is 754 Å². The number of anilines is 3. The molecule has 0 saturated heterocycles. The van der Waals surface area contributed by atoms with Gasteiger partial charge in [0.2, 0.25) is 30.1 Å². The summed E-state index contributed by atoms with van der Waals surface area (Å²) in [5.41, 5.74) is 23.9. The predicted molar refractivity (Wildman–Crippen MR) is 530 cm³/mol. The van der Waals surface area contributed by atoms with Gasteiger partial charge in [0.25, 0.3) is 0 Å². The summed E-state index contributed by atoms with van der Waals surface area (Å²) in [7, 11) is 4.31. The number of rotatable bonds is 10. The van der Waals surface area contributed by atoms with Crippen LogP contribution in [0.2, 0.25) is 0 Å². The topological polar surface area (TPSA) is 283 Å². The average Bonchev–Trinajstić information content (AvgIpc) is 1.63. The molecule has 5 heterocycles. The molecule has 682 valence electrons. The Hall–Kier alpha value is -10.3. The van der Waals surface area contributed by atoms with E-state index in [0.717, 1.165) is 72.4 Å². The van der Waals surface area contributed by atoms with Crippen LogP contribution in [0.4, 0.5) is 17.2 Å². The summed E-state index contributed by atoms with van der Waals surface area (Å²) in [6.45, 7) is 54.5. The lowest BCUT2D eigenvalue weighted by molar-refractivity contribution is 0.358. The van der Waals surface area contributed by atoms with Gasteiger partial charge in [-0.3, -0.25) is 8.99 Å². The van der Waals surface area contributed by atoms with Gasteiger partial charge in [-0.15, -0.1) is 0 Å². The summed E-state index contributed by atoms with van der Waals surface area (Å²) in [6.07, 6.45) is 10.1. The summed E-state index contributed by atoms with van der Waals surface area (Å²) >= 11 is 0. The molecular weight excluding hydrogens is 1630 g/mol. The highest BCUT2D eigenvalue weighted by molar-refractivity contribution is 7.92. The van der Waals surface area contributed by atoms with Crippen LogP contribution in [-0.4, -0.2) is 145 Å². The zero-order chi connectivity index (χ0) is 95.2. The first-order valence-corrected chi connectivity index (χ1v) is 47.4. The van der Waals surface area contributed by atoms with Crippen molar-refractivity contribution in [1.82, 2.24) is 58.4 Å². The number of nitrogens with one attached hydrogen (secondary N) is 1. The molecule has 0 spiro atoms. The summed E-state index contributed by atoms with van der Waals surface area (Å²) in [5.74, 6) is 1.60. The third kappa shape index (κ3) is 28.6. The van der Waals surface area contributed by atoms with Crippen molar-refractivity contribution in [2.75, 3.05) is 76.6 Å². The summed E-state index contributed by atoms with van der Waals surface area (Å²) < 4.78 is 78.8. The van der Waals surface area contributed by atoms with Crippen molar-refractivity contribution in [3.8, 4) is 11.3 Å². The normalized spacial score (nSPS) is 12.4. The van der Waals surface area contributed by atoms with Gasteiger partial charge >= 0.3 is 0 Å². The highest BCUT2D eigenvalue weighted by atomic mass is 32.2. The van der Waals surface area contributed by atoms with Crippen LogP contribution in [0, 0.1) is 6.92 Å². The lowest BCUT2D eigenvalue weighted by Gasteiger charge is -2.27. The van der Waals surface area contributed by atoms with Crippen molar-refractivity contribution in [2.24, 2.45) is 19.2 Å². The maximum Gasteiger partial charge on any atom is 0.243 e. The monoisotopic (exact) mass is 1770 g/mol. The Bertz CT molecular complexity index is 6110. The van der Waals surface area contributed by atoms with Crippen LogP contribution in [0.5, 0.6) is 0 Å². The van der Waals surface area contributed by atoms with Crippen LogP contribution in [0.25, 0.3) is 55.0 Å². The van der Waals surface area contributed by atoms with Crippen LogP contribution in [0.15, 0.2) is 211 Å². The number of likely N-dealkylation sites (N-methyl/N-ethyl adjacent to an activating group) is 2. The number of aryl methyl sites for hydroxylation is 3. The van der Waals surface area contributed by atoms with Crippen LogP contribution in [0.3, 0.4) is 0 Å². The second kappa shape index (κ2) is 41.7. The second-order valence-corrected chi connectivity index (χ2v) is 46.2. The van der Waals surface area contributed by atoms with Crippen molar-refractivity contribution in [3.63, 3.8) is 0 Å². The zero-order valence-electron chi connectivity index (χ0n) is 81.6. The first-order valence-electron chi connectivity index (χ1n) is 42.5. The number of hydrogen-bond acceptors (Lipinski definition) is 16. The first-order chi connectivity index (χ1) is 57.8. The van der Waals surface area contributed by atoms with Crippen LogP contribution < -0.4 is 20.1 Å². The molecular formula is C101H144N16O6S3. The number of hydrogen-bond donors (Lipinski definition) is 3. The number of nitrogens with zero attached hydrogens (tertiary/aromatic N) is 13. The number of imidazole rings is 2. The quantitative estimate of drug-likeness (QED) is 0.115. The number of fused-ring (bicyclic) bond motifs is 4. The molecule has 13 aromatic rings. The number of aromatic amines is 1. The fourth-order valence-electron chi connectivity index (χ4n) is 14.0. The van der Waals surface area contributed by atoms with Crippen LogP contribution >= 0.6 is 0 Å². The number of H-pyrrole nitrogens is 1. The van der Waals surface area contributed by atoms with E-state index >= 15 is 0 Å². The average molecular weight is 1770 g/mol. The molecule has 13 rings (SSSR count). The SMILES string of the molecule is CC(C)(C)c1cccc2c(N)ncnc12.CC(C)(C)c1cccc2cncnc12.CC(C)(C)c1nc2ccccc2[nH]1.CN(C)CCN(C)S(=O)(=O)c1ccccc1C(C)(C)C.CN(C)c1cccc(C(C)(C)C)c1S(N)(=O)=O.CN(c1ccccc1C(C)(C)C)S(C)(=O)=O.Cc1nn(C)c2cccc(C(C)(C)C)c12.Cn1cnc(-c2ccccc2C(C)(C)C)c1. The van der Waals surface area contributed by atoms with Crippen molar-refractivity contribution in [2.45, 2.75) is 226 Å². The minimum Gasteiger partial charge on any atom is -0.383 e. The van der Waals surface area contributed by atoms with Gasteiger partial charge < -0.3 is 25.1 Å². The molecule has 5 aromatic heterocycles. The minimum absolute atomic E-state index is 0.0697. The van der Waals surface area contributed by atoms with Gasteiger partial charge in [-0.2, -0.15) is 9.40 Å². The molecule has 8 aromatic carbocycles. The number of nitrogen functional groups attached to an aromatic ring is 1. The van der Waals surface area contributed by atoms with Gasteiger partial charge in [-0.05, 0) is 140 Å². The Balaban J connectivity index is 0.000000223. The van der Waals surface area contributed by atoms with Gasteiger partial charge in [-0.1, -0.05) is 294 Å². The van der Waals surface area contributed by atoms with E-state index in [-0.39, 0.29) is 48.2 Å². The van der Waals surface area contributed by atoms with Gasteiger partial charge in [0.1, 0.15) is 29.2 Å². The zero-order valence-corrected chi connectivity index (χ0v) is 84.1. The Morgan fingerprint density at radius 2 is 0.929 bits per heavy atom. The van der Waals surface area contributed by atoms with Crippen LogP contribution in [0.1, 0.15) is 217 Å². The molecule has 0 aliphatic rings. The van der Waals surface area contributed by atoms with Gasteiger partial charge in [0, 0.05) is 94.9 Å². The molecule has 0 bridgehead atoms. The summed E-state index contributed by atoms with van der Waals surface area (Å²) in [6, 6.07) is 55.6. The third-order valence-corrected chi connectivity index (χ3v) is 25.0. The number of benzene rings is 8. The molecule has 5 N–H and O–H groups in total. The molecule has 0 saturated carbocycles. The minimum atomic E-state index is -3.73. The summed E-state index contributed by atoms with van der Waals surface area (Å²) in [4.78, 5) is 33.3. The highest BCUT2D eigenvalue weighted by Crippen LogP contribution is 2.39. The maximum absolute atomic E-state index is 12.7. The first kappa shape index (κ1) is 105. The van der Waals surface area contributed by atoms with Crippen LogP contribution in [-0.2, 0) is 87.5 Å². The molecule has 126 heavy (non-hydrogen) atoms. The van der Waals surface area contributed by atoms with E-state index in [2.05, 4.69) is 244 Å². The lowest BCUT2D eigenvalue weighted by Crippen LogP contribution is -2.34. The Morgan fingerprint density at radius 3 is 1.45 bits per heavy atom. The lowest BCUT2D eigenvalue weighted by atomic mass is 9.83. The number of para-hydroxylation sites is 5. The molecule has 0 radical (unpaired) electrons. The molecule has 22 nitrogen and oxygen atoms in total. The van der Waals surface area contributed by atoms with E-state index in [1.165, 1.54) is 59.9 Å². The van der Waals surface area contributed by atoms with Crippen molar-refractivity contribution in [1.29, 1.82) is 0 Å². The molecule has 0 aliphatic heterocycles. The Kier molecular flexibility index (Phi) is 34.5. The number of sulfonamides is 3. The van der Waals surface area contributed by atoms with E-state index in [9.17, 15) is 25.3 Å². The standard InChI is InChI=1S/C15H26N2O2S.C14H18N2.C13H18N2.C12H15N3.C12H20N2O2S.C12H14N2.C12H19NO2S.C11H14N2/c1-15(2,3)13-9-7-8-10-14(13)20(18,19)17(6)12-11-16(4)5;1-14(2,3)12-8-6-5-7-11(12)13-9-16(4)10-15-13;1-9-12-10(13(2,3)4)7-6-8-11(12)15(5)14-9;1-12(2,3)9-6-4-5-8-10(9)14-7-15-11(8)13;1-12(2,3)9-7-6-8-10(14(4)5)11(9)17(13,15)16;1-12(2,3)10-6-4-5-9-7-13-8-14-11(9)10;1-12(2,3)10-8-6-7-9-11(10)13(4)16(5,14)15;1-11(2,3)10-12-8-6-4-5-7-9(8)13-10/h7-10H,11-12H2,1-6H3;5-10H,1-4H3;6-8H,1-5H3;4-7H,1-3H3,(H2,13,14,15);6-8H,1-5H3,(H2,13,15,16);4-8H,1-3H3;6-9H,1-5H3;4-7H,1-3H3,(H,12,13). The Morgan fingerprint density at radius 1 is 0.460 bits per heavy atom. The highest BCUT2D eigenvalue weighted by Gasteiger charge is 2.31.